The van der Waals surface area contributed by atoms with Gasteiger partial charge in [-0.2, -0.15) is 0 Å². The number of amides is 1. The molecule has 1 fully saturated rings. The molecule has 2 heterocycles. The minimum Gasteiger partial charge on any atom is -0.326 e. The summed E-state index contributed by atoms with van der Waals surface area (Å²) in [5.74, 6) is -0.0984. The molecule has 3 rings (SSSR count). The fraction of sp³-hybridized carbons (Fsp3) is 0.400. The van der Waals surface area contributed by atoms with E-state index in [9.17, 15) is 13.2 Å². The third kappa shape index (κ3) is 2.26. The van der Waals surface area contributed by atoms with Gasteiger partial charge in [-0.05, 0) is 42.5 Å². The van der Waals surface area contributed by atoms with Crippen molar-refractivity contribution in [2.75, 3.05) is 5.32 Å². The Bertz CT molecular complexity index is 674. The van der Waals surface area contributed by atoms with Crippen LogP contribution in [0, 0.1) is 0 Å². The molecule has 1 saturated heterocycles. The Balaban J connectivity index is 1.86. The molecule has 106 valence electrons. The molecule has 1 aromatic carbocycles. The average molecular weight is 291 g/mol. The van der Waals surface area contributed by atoms with E-state index in [0.29, 0.717) is 6.42 Å². The van der Waals surface area contributed by atoms with Crippen LogP contribution in [0.3, 0.4) is 0 Å². The SMILES string of the molecule is CC(=O)Nc1ccc(C2=CC3CCC(C2)S3(=O)=O)cc1. The second-order valence-corrected chi connectivity index (χ2v) is 7.93. The fourth-order valence-corrected chi connectivity index (χ4v) is 5.23. The molecule has 4 nitrogen and oxygen atoms in total. The molecule has 1 aromatic rings. The number of benzene rings is 1. The summed E-state index contributed by atoms with van der Waals surface area (Å²) in [6.45, 7) is 1.47. The highest BCUT2D eigenvalue weighted by Gasteiger charge is 2.43. The zero-order valence-corrected chi connectivity index (χ0v) is 12.1. The monoisotopic (exact) mass is 291 g/mol. The van der Waals surface area contributed by atoms with E-state index in [4.69, 9.17) is 0 Å². The standard InChI is InChI=1S/C15H17NO3S/c1-10(17)16-13-4-2-11(3-5-13)12-8-14-6-7-15(9-12)20(14,18)19/h2-5,8,14-15H,6-7,9H2,1H3,(H,16,17). The van der Waals surface area contributed by atoms with Gasteiger partial charge in [0.15, 0.2) is 9.84 Å². The molecule has 0 saturated carbocycles. The quantitative estimate of drug-likeness (QED) is 0.910. The van der Waals surface area contributed by atoms with Gasteiger partial charge in [-0.15, -0.1) is 0 Å². The Morgan fingerprint density at radius 3 is 2.50 bits per heavy atom. The summed E-state index contributed by atoms with van der Waals surface area (Å²) in [6.07, 6.45) is 4.04. The largest absolute Gasteiger partial charge is 0.326 e. The molecule has 5 heteroatoms. The van der Waals surface area contributed by atoms with Crippen molar-refractivity contribution in [3.63, 3.8) is 0 Å². The van der Waals surface area contributed by atoms with Gasteiger partial charge in [0.2, 0.25) is 5.91 Å². The van der Waals surface area contributed by atoms with E-state index in [2.05, 4.69) is 5.32 Å². The highest BCUT2D eigenvalue weighted by molar-refractivity contribution is 7.93. The maximum absolute atomic E-state index is 12.0. The number of anilines is 1. The van der Waals surface area contributed by atoms with Crippen LogP contribution in [0.1, 0.15) is 31.7 Å². The smallest absolute Gasteiger partial charge is 0.221 e. The number of hydrogen-bond donors (Lipinski definition) is 1. The minimum atomic E-state index is -2.93. The van der Waals surface area contributed by atoms with Gasteiger partial charge in [0.1, 0.15) is 0 Å². The number of carbonyl (C=O) groups excluding carboxylic acids is 1. The van der Waals surface area contributed by atoms with Crippen LogP contribution < -0.4 is 5.32 Å². The number of sulfone groups is 1. The lowest BCUT2D eigenvalue weighted by Crippen LogP contribution is -2.26. The summed E-state index contributed by atoms with van der Waals surface area (Å²) >= 11 is 0. The molecule has 2 aliphatic heterocycles. The molecule has 0 aliphatic carbocycles. The Kier molecular flexibility index (Phi) is 3.17. The maximum Gasteiger partial charge on any atom is 0.221 e. The molecule has 2 bridgehead atoms. The number of allylic oxidation sites excluding steroid dienone is 1. The number of carbonyl (C=O) groups is 1. The van der Waals surface area contributed by atoms with Gasteiger partial charge in [0.05, 0.1) is 10.5 Å². The van der Waals surface area contributed by atoms with Gasteiger partial charge in [0, 0.05) is 12.6 Å². The van der Waals surface area contributed by atoms with Gasteiger partial charge in [0.25, 0.3) is 0 Å². The van der Waals surface area contributed by atoms with Gasteiger partial charge >= 0.3 is 0 Å². The summed E-state index contributed by atoms with van der Waals surface area (Å²) in [5.41, 5.74) is 2.92. The number of hydrogen-bond acceptors (Lipinski definition) is 3. The zero-order chi connectivity index (χ0) is 14.3. The first kappa shape index (κ1) is 13.4. The lowest BCUT2D eigenvalue weighted by Gasteiger charge is -2.20. The van der Waals surface area contributed by atoms with Crippen molar-refractivity contribution in [2.45, 2.75) is 36.7 Å². The van der Waals surface area contributed by atoms with E-state index in [0.717, 1.165) is 29.7 Å². The molecule has 2 unspecified atom stereocenters. The highest BCUT2D eigenvalue weighted by atomic mass is 32.2. The predicted molar refractivity (Wildman–Crippen MR) is 79.1 cm³/mol. The minimum absolute atomic E-state index is 0.0984. The van der Waals surface area contributed by atoms with Gasteiger partial charge in [-0.1, -0.05) is 18.2 Å². The van der Waals surface area contributed by atoms with Gasteiger partial charge < -0.3 is 5.32 Å². The van der Waals surface area contributed by atoms with Crippen molar-refractivity contribution in [2.24, 2.45) is 0 Å². The van der Waals surface area contributed by atoms with E-state index in [1.165, 1.54) is 6.92 Å². The van der Waals surface area contributed by atoms with Crippen LogP contribution in [0.2, 0.25) is 0 Å². The molecule has 0 aromatic heterocycles. The molecule has 2 atom stereocenters. The Morgan fingerprint density at radius 2 is 1.90 bits per heavy atom. The van der Waals surface area contributed by atoms with Crippen LogP contribution in [0.4, 0.5) is 5.69 Å². The van der Waals surface area contributed by atoms with Crippen LogP contribution in [-0.4, -0.2) is 24.8 Å². The van der Waals surface area contributed by atoms with E-state index in [-0.39, 0.29) is 16.4 Å². The average Bonchev–Trinajstić information content (AvgIpc) is 2.58. The third-order valence-corrected chi connectivity index (χ3v) is 6.62. The number of fused-ring (bicyclic) bond motifs is 2. The molecule has 1 N–H and O–H groups in total. The van der Waals surface area contributed by atoms with Crippen molar-refractivity contribution in [3.8, 4) is 0 Å². The third-order valence-electron chi connectivity index (χ3n) is 4.07. The van der Waals surface area contributed by atoms with Crippen molar-refractivity contribution < 1.29 is 13.2 Å². The Hall–Kier alpha value is -1.62. The maximum atomic E-state index is 12.0. The molecule has 1 amide bonds. The summed E-state index contributed by atoms with van der Waals surface area (Å²) in [4.78, 5) is 11.0. The Labute approximate surface area is 118 Å². The van der Waals surface area contributed by atoms with Crippen molar-refractivity contribution in [1.29, 1.82) is 0 Å². The summed E-state index contributed by atoms with van der Waals surface area (Å²) in [5, 5.41) is 2.22. The molecule has 20 heavy (non-hydrogen) atoms. The molecule has 0 radical (unpaired) electrons. The normalized spacial score (nSPS) is 26.9. The topological polar surface area (TPSA) is 63.2 Å². The lowest BCUT2D eigenvalue weighted by molar-refractivity contribution is -0.114. The number of nitrogens with one attached hydrogen (secondary N) is 1. The second kappa shape index (κ2) is 4.74. The first-order valence-corrected chi connectivity index (χ1v) is 8.39. The van der Waals surface area contributed by atoms with Crippen LogP contribution in [-0.2, 0) is 14.6 Å². The highest BCUT2D eigenvalue weighted by Crippen LogP contribution is 2.40. The van der Waals surface area contributed by atoms with Crippen LogP contribution in [0.15, 0.2) is 30.3 Å². The second-order valence-electron chi connectivity index (χ2n) is 5.48. The predicted octanol–water partition coefficient (Wildman–Crippen LogP) is 2.38. The Morgan fingerprint density at radius 1 is 1.20 bits per heavy atom. The fourth-order valence-electron chi connectivity index (χ4n) is 3.04. The van der Waals surface area contributed by atoms with Crippen LogP contribution in [0.5, 0.6) is 0 Å². The van der Waals surface area contributed by atoms with Crippen LogP contribution in [0.25, 0.3) is 5.57 Å². The zero-order valence-electron chi connectivity index (χ0n) is 11.3. The number of rotatable bonds is 2. The first-order valence-electron chi connectivity index (χ1n) is 6.78. The lowest BCUT2D eigenvalue weighted by atomic mass is 10.0. The molecular formula is C15H17NO3S. The first-order chi connectivity index (χ1) is 9.46. The van der Waals surface area contributed by atoms with Gasteiger partial charge in [-0.3, -0.25) is 4.79 Å². The van der Waals surface area contributed by atoms with Crippen molar-refractivity contribution in [1.82, 2.24) is 0 Å². The van der Waals surface area contributed by atoms with Gasteiger partial charge in [-0.25, -0.2) is 8.42 Å². The molecular weight excluding hydrogens is 274 g/mol. The summed E-state index contributed by atoms with van der Waals surface area (Å²) < 4.78 is 24.1. The molecule has 0 spiro atoms. The van der Waals surface area contributed by atoms with E-state index < -0.39 is 9.84 Å². The van der Waals surface area contributed by atoms with Crippen molar-refractivity contribution in [3.05, 3.63) is 35.9 Å². The van der Waals surface area contributed by atoms with E-state index >= 15 is 0 Å². The summed E-state index contributed by atoms with van der Waals surface area (Å²) in [6, 6.07) is 7.58. The summed E-state index contributed by atoms with van der Waals surface area (Å²) in [7, 11) is -2.93. The van der Waals surface area contributed by atoms with Crippen molar-refractivity contribution >= 4 is 27.0 Å². The molecule has 2 aliphatic rings. The van der Waals surface area contributed by atoms with E-state index in [1.807, 2.05) is 30.3 Å². The van der Waals surface area contributed by atoms with Crippen LogP contribution >= 0.6 is 0 Å². The van der Waals surface area contributed by atoms with E-state index in [1.54, 1.807) is 0 Å².